The molecule has 1 fully saturated rings. The van der Waals surface area contributed by atoms with E-state index < -0.39 is 21.0 Å². The van der Waals surface area contributed by atoms with E-state index in [-0.39, 0.29) is 5.92 Å². The highest BCUT2D eigenvalue weighted by Gasteiger charge is 2.41. The van der Waals surface area contributed by atoms with E-state index in [2.05, 4.69) is 46.6 Å². The zero-order valence-electron chi connectivity index (χ0n) is 19.1. The van der Waals surface area contributed by atoms with Gasteiger partial charge in [-0.05, 0) is 55.0 Å². The molecular weight excluding hydrogens is 434 g/mol. The summed E-state index contributed by atoms with van der Waals surface area (Å²) in [5, 5.41) is 3.15. The van der Waals surface area contributed by atoms with Crippen LogP contribution >= 0.6 is 0 Å². The second-order valence-electron chi connectivity index (χ2n) is 9.76. The molecule has 0 spiro atoms. The van der Waals surface area contributed by atoms with E-state index in [0.29, 0.717) is 24.9 Å². The molecule has 1 saturated heterocycles. The molecule has 0 radical (unpaired) electrons. The Kier molecular flexibility index (Phi) is 5.79. The molecule has 174 valence electrons. The molecule has 2 N–H and O–H groups in total. The van der Waals surface area contributed by atoms with Crippen LogP contribution in [-0.2, 0) is 27.6 Å². The van der Waals surface area contributed by atoms with Crippen LogP contribution in [0.25, 0.3) is 10.9 Å². The molecule has 3 aromatic rings. The molecule has 1 aliphatic carbocycles. The monoisotopic (exact) mass is 465 g/mol. The first-order chi connectivity index (χ1) is 15.8. The standard InChI is InChI=1S/C26H31N3O3S/c1-29-16-18(11-21-20-9-6-10-22-25(20)19(15-27-22)13-23(21)29)12-24(33(2,31)32)26(30)28-14-17-7-4-3-5-8-17/h3-10,15,18,21,23-24,27H,11-14,16H2,1-2H3,(H,28,30)/t18-,21+,23+,24?/m0/s1. The minimum Gasteiger partial charge on any atom is -0.361 e. The lowest BCUT2D eigenvalue weighted by Crippen LogP contribution is -2.49. The molecule has 2 aromatic carbocycles. The molecule has 1 aliphatic heterocycles. The first kappa shape index (κ1) is 22.2. The third kappa shape index (κ3) is 4.32. The van der Waals surface area contributed by atoms with Crippen molar-refractivity contribution in [2.75, 3.05) is 19.8 Å². The molecule has 1 unspecified atom stereocenters. The van der Waals surface area contributed by atoms with Gasteiger partial charge in [0.2, 0.25) is 5.91 Å². The topological polar surface area (TPSA) is 82.3 Å². The molecule has 5 rings (SSSR count). The molecule has 0 bridgehead atoms. The maximum absolute atomic E-state index is 13.0. The van der Waals surface area contributed by atoms with E-state index >= 15 is 0 Å². The zero-order chi connectivity index (χ0) is 23.2. The number of aromatic nitrogens is 1. The highest BCUT2D eigenvalue weighted by molar-refractivity contribution is 7.92. The fourth-order valence-corrected chi connectivity index (χ4v) is 7.00. The molecular formula is C26H31N3O3S. The summed E-state index contributed by atoms with van der Waals surface area (Å²) in [6.45, 7) is 1.13. The van der Waals surface area contributed by atoms with E-state index in [0.717, 1.165) is 24.9 Å². The van der Waals surface area contributed by atoms with E-state index in [1.54, 1.807) is 0 Å². The van der Waals surface area contributed by atoms with Crippen LogP contribution in [0.2, 0.25) is 0 Å². The number of hydrogen-bond acceptors (Lipinski definition) is 4. The van der Waals surface area contributed by atoms with Crippen molar-refractivity contribution in [3.63, 3.8) is 0 Å². The summed E-state index contributed by atoms with van der Waals surface area (Å²) in [7, 11) is -1.40. The van der Waals surface area contributed by atoms with Gasteiger partial charge in [-0.1, -0.05) is 42.5 Å². The van der Waals surface area contributed by atoms with Gasteiger partial charge in [0.1, 0.15) is 5.25 Å². The Morgan fingerprint density at radius 1 is 1.18 bits per heavy atom. The Morgan fingerprint density at radius 2 is 1.97 bits per heavy atom. The van der Waals surface area contributed by atoms with Crippen molar-refractivity contribution in [3.05, 3.63) is 71.4 Å². The Hall–Kier alpha value is -2.64. The smallest absolute Gasteiger partial charge is 0.238 e. The minimum atomic E-state index is -3.53. The van der Waals surface area contributed by atoms with Crippen molar-refractivity contribution >= 4 is 26.6 Å². The molecule has 2 heterocycles. The van der Waals surface area contributed by atoms with Crippen molar-refractivity contribution in [2.24, 2.45) is 5.92 Å². The predicted molar refractivity (Wildman–Crippen MR) is 131 cm³/mol. The summed E-state index contributed by atoms with van der Waals surface area (Å²) >= 11 is 0. The summed E-state index contributed by atoms with van der Waals surface area (Å²) in [6.07, 6.45) is 5.56. The van der Waals surface area contributed by atoms with Gasteiger partial charge in [0.25, 0.3) is 0 Å². The minimum absolute atomic E-state index is 0.134. The highest BCUT2D eigenvalue weighted by Crippen LogP contribution is 2.45. The highest BCUT2D eigenvalue weighted by atomic mass is 32.2. The van der Waals surface area contributed by atoms with Gasteiger partial charge in [0, 0.05) is 48.4 Å². The molecule has 1 aromatic heterocycles. The van der Waals surface area contributed by atoms with Crippen molar-refractivity contribution in [2.45, 2.75) is 43.0 Å². The van der Waals surface area contributed by atoms with Gasteiger partial charge in [-0.25, -0.2) is 8.42 Å². The number of hydrogen-bond donors (Lipinski definition) is 2. The Bertz CT molecular complexity index is 1270. The Balaban J connectivity index is 1.35. The number of nitrogens with one attached hydrogen (secondary N) is 2. The zero-order valence-corrected chi connectivity index (χ0v) is 19.9. The number of fused-ring (bicyclic) bond motifs is 2. The number of benzene rings is 2. The second-order valence-corrected chi connectivity index (χ2v) is 12.0. The van der Waals surface area contributed by atoms with E-state index in [9.17, 15) is 13.2 Å². The van der Waals surface area contributed by atoms with Crippen LogP contribution in [0.15, 0.2) is 54.7 Å². The maximum Gasteiger partial charge on any atom is 0.238 e. The number of nitrogens with zero attached hydrogens (tertiary/aromatic N) is 1. The second kappa shape index (κ2) is 8.61. The number of amides is 1. The molecule has 6 nitrogen and oxygen atoms in total. The van der Waals surface area contributed by atoms with Gasteiger partial charge in [-0.15, -0.1) is 0 Å². The van der Waals surface area contributed by atoms with Crippen molar-refractivity contribution in [3.8, 4) is 0 Å². The lowest BCUT2D eigenvalue weighted by atomic mass is 9.71. The molecule has 33 heavy (non-hydrogen) atoms. The van der Waals surface area contributed by atoms with E-state index in [4.69, 9.17) is 0 Å². The number of likely N-dealkylation sites (N-methyl/N-ethyl adjacent to an activating group) is 1. The normalized spacial score (nSPS) is 23.8. The molecule has 0 saturated carbocycles. The SMILES string of the molecule is CN1C[C@H](CC(C(=O)NCc2ccccc2)S(C)(=O)=O)C[C@@H]2c3cccc4[nH]cc(c34)C[C@H]21. The van der Waals surface area contributed by atoms with Gasteiger partial charge in [0.05, 0.1) is 0 Å². The summed E-state index contributed by atoms with van der Waals surface area (Å²) in [5.74, 6) is 0.0762. The van der Waals surface area contributed by atoms with Crippen molar-refractivity contribution in [1.82, 2.24) is 15.2 Å². The van der Waals surface area contributed by atoms with Crippen molar-refractivity contribution < 1.29 is 13.2 Å². The van der Waals surface area contributed by atoms with Crippen LogP contribution in [-0.4, -0.2) is 55.3 Å². The average Bonchev–Trinajstić information content (AvgIpc) is 3.21. The summed E-state index contributed by atoms with van der Waals surface area (Å²) in [6, 6.07) is 16.4. The Labute approximate surface area is 195 Å². The predicted octanol–water partition coefficient (Wildman–Crippen LogP) is 3.25. The van der Waals surface area contributed by atoms with Crippen LogP contribution in [0.5, 0.6) is 0 Å². The lowest BCUT2D eigenvalue weighted by molar-refractivity contribution is -0.121. The van der Waals surface area contributed by atoms with Gasteiger partial charge < -0.3 is 15.2 Å². The van der Waals surface area contributed by atoms with Crippen molar-refractivity contribution in [1.29, 1.82) is 0 Å². The number of carbonyl (C=O) groups is 1. The first-order valence-electron chi connectivity index (χ1n) is 11.6. The fraction of sp³-hybridized carbons (Fsp3) is 0.423. The molecule has 7 heteroatoms. The van der Waals surface area contributed by atoms with Gasteiger partial charge in [-0.2, -0.15) is 0 Å². The molecule has 4 atom stereocenters. The van der Waals surface area contributed by atoms with Crippen LogP contribution < -0.4 is 5.32 Å². The summed E-state index contributed by atoms with van der Waals surface area (Å²) in [5.41, 5.74) is 4.83. The number of piperidine rings is 1. The van der Waals surface area contributed by atoms with Crippen LogP contribution in [0.3, 0.4) is 0 Å². The number of H-pyrrole nitrogens is 1. The van der Waals surface area contributed by atoms with Crippen LogP contribution in [0.1, 0.15) is 35.4 Å². The van der Waals surface area contributed by atoms with Gasteiger partial charge >= 0.3 is 0 Å². The molecule has 1 amide bonds. The summed E-state index contributed by atoms with van der Waals surface area (Å²) < 4.78 is 25.3. The van der Waals surface area contributed by atoms with Gasteiger partial charge in [0.15, 0.2) is 9.84 Å². The third-order valence-electron chi connectivity index (χ3n) is 7.48. The number of rotatable bonds is 6. The lowest BCUT2D eigenvalue weighted by Gasteiger charge is -2.46. The number of likely N-dealkylation sites (tertiary alicyclic amines) is 1. The largest absolute Gasteiger partial charge is 0.361 e. The quantitative estimate of drug-likeness (QED) is 0.586. The molecule has 2 aliphatic rings. The average molecular weight is 466 g/mol. The summed E-state index contributed by atoms with van der Waals surface area (Å²) in [4.78, 5) is 18.7. The maximum atomic E-state index is 13.0. The van der Waals surface area contributed by atoms with Crippen LogP contribution in [0, 0.1) is 5.92 Å². The number of carbonyl (C=O) groups excluding carboxylic acids is 1. The van der Waals surface area contributed by atoms with Gasteiger partial charge in [-0.3, -0.25) is 4.79 Å². The number of sulfone groups is 1. The van der Waals surface area contributed by atoms with Crippen LogP contribution in [0.4, 0.5) is 0 Å². The Morgan fingerprint density at radius 3 is 2.73 bits per heavy atom. The van der Waals surface area contributed by atoms with E-state index in [1.807, 2.05) is 30.3 Å². The van der Waals surface area contributed by atoms with E-state index in [1.165, 1.54) is 28.3 Å². The first-order valence-corrected chi connectivity index (χ1v) is 13.6. The fourth-order valence-electron chi connectivity index (χ4n) is 5.90. The third-order valence-corrected chi connectivity index (χ3v) is 8.92. The number of aromatic amines is 1.